The maximum Gasteiger partial charge on any atom is 0.251 e. The predicted molar refractivity (Wildman–Crippen MR) is 193 cm³/mol. The lowest BCUT2D eigenvalue weighted by Gasteiger charge is -2.07. The fourth-order valence-electron chi connectivity index (χ4n) is 4.74. The summed E-state index contributed by atoms with van der Waals surface area (Å²) < 4.78 is 5.62. The van der Waals surface area contributed by atoms with E-state index in [0.29, 0.717) is 25.0 Å². The molecule has 0 unspecified atom stereocenters. The fraction of sp³-hybridized carbons (Fsp3) is 0.410. The second-order valence-electron chi connectivity index (χ2n) is 11.5. The fourth-order valence-corrected chi connectivity index (χ4v) is 5.58. The highest BCUT2D eigenvalue weighted by Crippen LogP contribution is 2.20. The van der Waals surface area contributed by atoms with Crippen LogP contribution in [0.3, 0.4) is 0 Å². The van der Waals surface area contributed by atoms with E-state index in [1.165, 1.54) is 31.2 Å². The van der Waals surface area contributed by atoms with Crippen molar-refractivity contribution >= 4 is 28.6 Å². The van der Waals surface area contributed by atoms with E-state index in [4.69, 9.17) is 9.72 Å². The molecule has 46 heavy (non-hydrogen) atoms. The third kappa shape index (κ3) is 13.7. The summed E-state index contributed by atoms with van der Waals surface area (Å²) in [4.78, 5) is 29.3. The number of Topliss-reactive ketones (excluding diaryl/α,β-unsaturated/α-hetero) is 1. The van der Waals surface area contributed by atoms with E-state index < -0.39 is 0 Å². The van der Waals surface area contributed by atoms with E-state index >= 15 is 0 Å². The summed E-state index contributed by atoms with van der Waals surface area (Å²) in [6.07, 6.45) is 23.9. The Morgan fingerprint density at radius 2 is 1.80 bits per heavy atom. The van der Waals surface area contributed by atoms with Crippen LogP contribution in [0, 0.1) is 0 Å². The Morgan fingerprint density at radius 3 is 2.57 bits per heavy atom. The molecule has 0 radical (unpaired) electrons. The summed E-state index contributed by atoms with van der Waals surface area (Å²) in [7, 11) is 0. The molecule has 6 nitrogen and oxygen atoms in total. The minimum Gasteiger partial charge on any atom is -0.490 e. The molecule has 1 amide bonds. The molecule has 0 saturated heterocycles. The molecule has 1 aromatic heterocycles. The lowest BCUT2D eigenvalue weighted by Crippen LogP contribution is -2.23. The zero-order valence-corrected chi connectivity index (χ0v) is 28.9. The predicted octanol–water partition coefficient (Wildman–Crippen LogP) is 8.39. The molecule has 0 spiro atoms. The van der Waals surface area contributed by atoms with Gasteiger partial charge < -0.3 is 15.4 Å². The van der Waals surface area contributed by atoms with E-state index in [1.807, 2.05) is 57.2 Å². The van der Waals surface area contributed by atoms with Gasteiger partial charge in [-0.05, 0) is 61.1 Å². The Bertz CT molecular complexity index is 1440. The Morgan fingerprint density at radius 1 is 1.00 bits per heavy atom. The number of carbonyl (C=O) groups is 2. The second-order valence-corrected chi connectivity index (χ2v) is 12.4. The number of aromatic nitrogens is 1. The second kappa shape index (κ2) is 21.1. The number of carbonyl (C=O) groups excluding carboxylic acids is 2. The average Bonchev–Trinajstić information content (AvgIpc) is 3.44. The lowest BCUT2D eigenvalue weighted by molar-refractivity contribution is -0.122. The summed E-state index contributed by atoms with van der Waals surface area (Å²) in [6.45, 7) is 10.2. The third-order valence-corrected chi connectivity index (χ3v) is 8.67. The summed E-state index contributed by atoms with van der Waals surface area (Å²) in [5, 5.41) is 9.61. The van der Waals surface area contributed by atoms with E-state index in [-0.39, 0.29) is 18.3 Å². The molecule has 1 heterocycles. The molecular weight excluding hydrogens is 591 g/mol. The first-order valence-electron chi connectivity index (χ1n) is 16.6. The first-order chi connectivity index (χ1) is 22.4. The molecular formula is C39H51N3O3S. The number of ether oxygens (including phenoxy) is 1. The van der Waals surface area contributed by atoms with Crippen molar-refractivity contribution < 1.29 is 14.3 Å². The van der Waals surface area contributed by atoms with Crippen LogP contribution >= 0.6 is 11.3 Å². The Kier molecular flexibility index (Phi) is 16.8. The van der Waals surface area contributed by atoms with Crippen LogP contribution < -0.4 is 10.6 Å². The Hall–Kier alpha value is -3.81. The van der Waals surface area contributed by atoms with E-state index in [9.17, 15) is 9.59 Å². The van der Waals surface area contributed by atoms with Gasteiger partial charge in [-0.2, -0.15) is 0 Å². The van der Waals surface area contributed by atoms with Gasteiger partial charge in [-0.1, -0.05) is 93.8 Å². The van der Waals surface area contributed by atoms with Crippen molar-refractivity contribution in [3.05, 3.63) is 117 Å². The van der Waals surface area contributed by atoms with Crippen LogP contribution in [0.25, 0.3) is 5.57 Å². The van der Waals surface area contributed by atoms with Crippen LogP contribution in [-0.2, 0) is 33.7 Å². The minimum absolute atomic E-state index is 0.0962. The number of hydrogen-bond acceptors (Lipinski definition) is 6. The maximum atomic E-state index is 13.0. The molecule has 2 aromatic rings. The van der Waals surface area contributed by atoms with Gasteiger partial charge >= 0.3 is 0 Å². The highest BCUT2D eigenvalue weighted by molar-refractivity contribution is 7.10. The standard InChI is InChI=1S/C39H51N3O3S/c1-5-8-9-10-13-31-17-19-33(20-18-31)27-41-38(44)34(12-6-2)22-16-30(4)39-42-35(29-46-39)24-25-40-26-32-14-11-15-37(23-21-32)45-28-36(43)7-3/h6,11-12,14,16-23,29,40H,5,7-10,13,15,24-28H2,1-4H3,(H,41,44)/b12-6-,30-16+,34-22+. The molecule has 1 aromatic carbocycles. The van der Waals surface area contributed by atoms with Crippen LogP contribution in [0.1, 0.15) is 88.0 Å². The molecule has 0 saturated carbocycles. The zero-order chi connectivity index (χ0) is 33.0. The average molecular weight is 642 g/mol. The van der Waals surface area contributed by atoms with Crippen molar-refractivity contribution in [2.75, 3.05) is 19.7 Å². The van der Waals surface area contributed by atoms with Crippen molar-refractivity contribution in [2.24, 2.45) is 0 Å². The minimum atomic E-state index is -0.0962. The zero-order valence-electron chi connectivity index (χ0n) is 28.1. The number of nitrogens with one attached hydrogen (secondary N) is 2. The normalized spacial score (nSPS) is 13.8. The third-order valence-electron chi connectivity index (χ3n) is 7.64. The molecule has 0 atom stereocenters. The Labute approximate surface area is 280 Å². The number of thiazole rings is 1. The van der Waals surface area contributed by atoms with Gasteiger partial charge in [0, 0.05) is 49.8 Å². The molecule has 1 aliphatic rings. The van der Waals surface area contributed by atoms with Crippen LogP contribution in [-0.4, -0.2) is 36.4 Å². The number of ketones is 1. The van der Waals surface area contributed by atoms with Gasteiger partial charge in [0.2, 0.25) is 0 Å². The van der Waals surface area contributed by atoms with Gasteiger partial charge in [-0.25, -0.2) is 4.98 Å². The number of unbranched alkanes of at least 4 members (excludes halogenated alkanes) is 3. The molecule has 7 heteroatoms. The largest absolute Gasteiger partial charge is 0.490 e. The number of aryl methyl sites for hydroxylation is 1. The molecule has 2 N–H and O–H groups in total. The van der Waals surface area contributed by atoms with Crippen molar-refractivity contribution in [3.63, 3.8) is 0 Å². The van der Waals surface area contributed by atoms with Crippen LogP contribution in [0.4, 0.5) is 0 Å². The number of benzene rings is 1. The maximum absolute atomic E-state index is 13.0. The first-order valence-corrected chi connectivity index (χ1v) is 17.5. The number of nitrogens with zero attached hydrogens (tertiary/aromatic N) is 1. The summed E-state index contributed by atoms with van der Waals surface area (Å²) in [5.41, 5.74) is 6.30. The SMILES string of the molecule is C\C=C/C(=C\C=C(/C)c1nc(CCNCC2=CC=C(OCC(=O)CC)CC=C2)cs1)C(=O)NCc1ccc(CCCCCC)cc1. The molecule has 246 valence electrons. The topological polar surface area (TPSA) is 80.3 Å². The van der Waals surface area contributed by atoms with Crippen molar-refractivity contribution in [2.45, 2.75) is 85.6 Å². The summed E-state index contributed by atoms with van der Waals surface area (Å²) >= 11 is 1.62. The van der Waals surface area contributed by atoms with E-state index in [2.05, 4.69) is 59.4 Å². The number of hydrogen-bond donors (Lipinski definition) is 2. The highest BCUT2D eigenvalue weighted by atomic mass is 32.1. The van der Waals surface area contributed by atoms with Crippen molar-refractivity contribution in [3.8, 4) is 0 Å². The van der Waals surface area contributed by atoms with Gasteiger partial charge in [0.05, 0.1) is 5.69 Å². The molecule has 0 fully saturated rings. The first kappa shape index (κ1) is 36.7. The number of allylic oxidation sites excluding steroid dienone is 7. The van der Waals surface area contributed by atoms with Crippen molar-refractivity contribution in [1.29, 1.82) is 0 Å². The molecule has 0 aliphatic heterocycles. The number of amides is 1. The van der Waals surface area contributed by atoms with Gasteiger partial charge in [-0.3, -0.25) is 9.59 Å². The van der Waals surface area contributed by atoms with Crippen molar-refractivity contribution in [1.82, 2.24) is 15.6 Å². The van der Waals surface area contributed by atoms with Gasteiger partial charge in [-0.15, -0.1) is 11.3 Å². The van der Waals surface area contributed by atoms with Gasteiger partial charge in [0.1, 0.15) is 17.4 Å². The van der Waals surface area contributed by atoms with Crippen LogP contribution in [0.15, 0.2) is 95.2 Å². The molecule has 1 aliphatic carbocycles. The molecule has 0 bridgehead atoms. The monoisotopic (exact) mass is 641 g/mol. The van der Waals surface area contributed by atoms with E-state index in [1.54, 1.807) is 11.3 Å². The molecule has 3 rings (SSSR count). The Balaban J connectivity index is 1.46. The lowest BCUT2D eigenvalue weighted by atomic mass is 10.0. The number of rotatable bonds is 20. The smallest absolute Gasteiger partial charge is 0.251 e. The summed E-state index contributed by atoms with van der Waals surface area (Å²) in [6, 6.07) is 8.58. The van der Waals surface area contributed by atoms with Crippen LogP contribution in [0.2, 0.25) is 0 Å². The van der Waals surface area contributed by atoms with Gasteiger partial charge in [0.15, 0.2) is 5.78 Å². The van der Waals surface area contributed by atoms with Crippen LogP contribution in [0.5, 0.6) is 0 Å². The quantitative estimate of drug-likeness (QED) is 0.0863. The van der Waals surface area contributed by atoms with E-state index in [0.717, 1.165) is 59.1 Å². The van der Waals surface area contributed by atoms with Gasteiger partial charge in [0.25, 0.3) is 5.91 Å². The summed E-state index contributed by atoms with van der Waals surface area (Å²) in [5.74, 6) is 0.823. The highest BCUT2D eigenvalue weighted by Gasteiger charge is 2.08.